The number of aryl methyl sites for hydroxylation is 2. The minimum absolute atomic E-state index is 0.0136. The van der Waals surface area contributed by atoms with Gasteiger partial charge in [-0.2, -0.15) is 0 Å². The number of likely N-dealkylation sites (N-methyl/N-ethyl adjacent to an activating group) is 1. The van der Waals surface area contributed by atoms with E-state index in [1.165, 1.54) is 23.3 Å². The summed E-state index contributed by atoms with van der Waals surface area (Å²) in [5.41, 5.74) is 2.04. The van der Waals surface area contributed by atoms with E-state index in [1.54, 1.807) is 35.6 Å². The third kappa shape index (κ3) is 4.60. The predicted octanol–water partition coefficient (Wildman–Crippen LogP) is 3.39. The zero-order valence-electron chi connectivity index (χ0n) is 14.3. The Labute approximate surface area is 151 Å². The van der Waals surface area contributed by atoms with Crippen molar-refractivity contribution in [3.8, 4) is 5.75 Å². The Morgan fingerprint density at radius 3 is 2.64 bits per heavy atom. The van der Waals surface area contributed by atoms with Crippen LogP contribution in [0.5, 0.6) is 5.75 Å². The van der Waals surface area contributed by atoms with Gasteiger partial charge in [0.1, 0.15) is 5.75 Å². The summed E-state index contributed by atoms with van der Waals surface area (Å²) in [6.45, 7) is 2.43. The molecular weight excluding hydrogens is 336 g/mol. The highest BCUT2D eigenvalue weighted by Gasteiger charge is 2.17. The topological polar surface area (TPSA) is 67.4 Å². The summed E-state index contributed by atoms with van der Waals surface area (Å²) in [4.78, 5) is 25.9. The van der Waals surface area contributed by atoms with Crippen molar-refractivity contribution in [2.45, 2.75) is 32.6 Å². The van der Waals surface area contributed by atoms with Crippen LogP contribution in [0.2, 0.25) is 0 Å². The van der Waals surface area contributed by atoms with Crippen LogP contribution in [0.1, 0.15) is 39.9 Å². The van der Waals surface area contributed by atoms with Crippen LogP contribution in [-0.2, 0) is 17.6 Å². The molecule has 6 heteroatoms. The Balaban J connectivity index is 1.56. The number of hydrogen-bond donors (Lipinski definition) is 2. The van der Waals surface area contributed by atoms with E-state index < -0.39 is 0 Å². The highest BCUT2D eigenvalue weighted by molar-refractivity contribution is 7.14. The Kier molecular flexibility index (Phi) is 5.71. The Morgan fingerprint density at radius 1 is 1.16 bits per heavy atom. The number of hydrogen-bond acceptors (Lipinski definition) is 4. The Bertz CT molecular complexity index is 729. The normalized spacial score (nSPS) is 13.0. The summed E-state index contributed by atoms with van der Waals surface area (Å²) < 4.78 is 5.40. The fourth-order valence-electron chi connectivity index (χ4n) is 2.83. The summed E-state index contributed by atoms with van der Waals surface area (Å²) in [7, 11) is 0. The fraction of sp³-hybridized carbons (Fsp3) is 0.368. The quantitative estimate of drug-likeness (QED) is 0.832. The largest absolute Gasteiger partial charge is 0.484 e. The molecule has 2 aromatic rings. The highest BCUT2D eigenvalue weighted by Crippen LogP contribution is 2.30. The van der Waals surface area contributed by atoms with Crippen LogP contribution in [0.15, 0.2) is 30.3 Å². The molecule has 0 bridgehead atoms. The minimum atomic E-state index is -0.151. The number of thiophene rings is 1. The molecule has 1 aromatic heterocycles. The molecule has 0 atom stereocenters. The lowest BCUT2D eigenvalue weighted by Crippen LogP contribution is -2.28. The molecule has 2 N–H and O–H groups in total. The van der Waals surface area contributed by atoms with Crippen LogP contribution < -0.4 is 15.4 Å². The van der Waals surface area contributed by atoms with Gasteiger partial charge >= 0.3 is 0 Å². The van der Waals surface area contributed by atoms with Crippen molar-refractivity contribution in [1.29, 1.82) is 0 Å². The second-order valence-corrected chi connectivity index (χ2v) is 7.12. The molecule has 1 aromatic carbocycles. The monoisotopic (exact) mass is 358 g/mol. The van der Waals surface area contributed by atoms with E-state index in [2.05, 4.69) is 10.6 Å². The van der Waals surface area contributed by atoms with Crippen molar-refractivity contribution < 1.29 is 14.3 Å². The molecule has 5 nitrogen and oxygen atoms in total. The summed E-state index contributed by atoms with van der Waals surface area (Å²) in [6.07, 6.45) is 4.59. The molecule has 1 aliphatic rings. The van der Waals surface area contributed by atoms with E-state index >= 15 is 0 Å². The van der Waals surface area contributed by atoms with E-state index in [-0.39, 0.29) is 18.4 Å². The fourth-order valence-corrected chi connectivity index (χ4v) is 3.98. The number of carbonyl (C=O) groups is 2. The molecule has 3 rings (SSSR count). The van der Waals surface area contributed by atoms with Gasteiger partial charge in [0.15, 0.2) is 6.61 Å². The van der Waals surface area contributed by atoms with Crippen LogP contribution in [0.25, 0.3) is 0 Å². The molecular formula is C19H22N2O3S. The smallest absolute Gasteiger partial charge is 0.265 e. The van der Waals surface area contributed by atoms with E-state index in [1.807, 2.05) is 13.0 Å². The lowest BCUT2D eigenvalue weighted by atomic mass is 9.99. The van der Waals surface area contributed by atoms with Crippen LogP contribution in [0, 0.1) is 0 Å². The maximum absolute atomic E-state index is 12.4. The molecule has 1 heterocycles. The zero-order chi connectivity index (χ0) is 17.6. The van der Waals surface area contributed by atoms with Gasteiger partial charge in [0, 0.05) is 17.1 Å². The summed E-state index contributed by atoms with van der Waals surface area (Å²) in [5, 5.41) is 5.59. The van der Waals surface area contributed by atoms with Crippen LogP contribution >= 0.6 is 11.3 Å². The lowest BCUT2D eigenvalue weighted by molar-refractivity contribution is -0.122. The van der Waals surface area contributed by atoms with Gasteiger partial charge in [-0.1, -0.05) is 0 Å². The number of nitrogens with one attached hydrogen (secondary N) is 2. The number of amides is 2. The first-order valence-electron chi connectivity index (χ1n) is 8.58. The second-order valence-electron chi connectivity index (χ2n) is 5.99. The molecule has 0 fully saturated rings. The van der Waals surface area contributed by atoms with Crippen molar-refractivity contribution in [3.63, 3.8) is 0 Å². The summed E-state index contributed by atoms with van der Waals surface area (Å²) in [5.74, 6) is 0.368. The van der Waals surface area contributed by atoms with Crippen LogP contribution in [0.4, 0.5) is 5.69 Å². The molecule has 0 unspecified atom stereocenters. The van der Waals surface area contributed by atoms with Gasteiger partial charge < -0.3 is 15.4 Å². The molecule has 0 radical (unpaired) electrons. The maximum Gasteiger partial charge on any atom is 0.265 e. The average molecular weight is 358 g/mol. The predicted molar refractivity (Wildman–Crippen MR) is 99.5 cm³/mol. The number of carbonyl (C=O) groups excluding carboxylic acids is 2. The molecule has 0 saturated heterocycles. The number of benzene rings is 1. The maximum atomic E-state index is 12.4. The van der Waals surface area contributed by atoms with Gasteiger partial charge in [0.2, 0.25) is 0 Å². The number of fused-ring (bicyclic) bond motifs is 1. The first-order valence-corrected chi connectivity index (χ1v) is 9.40. The standard InChI is InChI=1S/C19H22N2O3S/c1-2-20-18(22)12-24-15-9-7-14(8-10-15)21-19(23)17-11-13-5-3-4-6-16(13)25-17/h7-11H,2-6,12H2,1H3,(H,20,22)(H,21,23). The molecule has 132 valence electrons. The van der Waals surface area contributed by atoms with Crippen molar-refractivity contribution in [1.82, 2.24) is 5.32 Å². The lowest BCUT2D eigenvalue weighted by Gasteiger charge is -2.08. The van der Waals surface area contributed by atoms with E-state index in [0.717, 1.165) is 17.7 Å². The number of rotatable bonds is 6. The summed E-state index contributed by atoms with van der Waals surface area (Å²) in [6, 6.07) is 9.07. The van der Waals surface area contributed by atoms with Gasteiger partial charge in [0.25, 0.3) is 11.8 Å². The zero-order valence-corrected chi connectivity index (χ0v) is 15.1. The average Bonchev–Trinajstić information content (AvgIpc) is 3.06. The van der Waals surface area contributed by atoms with Crippen LogP contribution in [0.3, 0.4) is 0 Å². The molecule has 0 aliphatic heterocycles. The SMILES string of the molecule is CCNC(=O)COc1ccc(NC(=O)c2cc3c(s2)CCCC3)cc1. The molecule has 0 saturated carbocycles. The first-order chi connectivity index (χ1) is 12.2. The van der Waals surface area contributed by atoms with Gasteiger partial charge in [-0.15, -0.1) is 11.3 Å². The Hall–Kier alpha value is -2.34. The second kappa shape index (κ2) is 8.16. The van der Waals surface area contributed by atoms with Crippen molar-refractivity contribution >= 4 is 28.8 Å². The van der Waals surface area contributed by atoms with E-state index in [9.17, 15) is 9.59 Å². The van der Waals surface area contributed by atoms with Crippen molar-refractivity contribution in [3.05, 3.63) is 45.6 Å². The molecule has 1 aliphatic carbocycles. The van der Waals surface area contributed by atoms with Gasteiger partial charge in [-0.25, -0.2) is 0 Å². The Morgan fingerprint density at radius 2 is 1.92 bits per heavy atom. The van der Waals surface area contributed by atoms with Gasteiger partial charge in [-0.3, -0.25) is 9.59 Å². The van der Waals surface area contributed by atoms with Crippen LogP contribution in [-0.4, -0.2) is 25.0 Å². The first kappa shape index (κ1) is 17.5. The minimum Gasteiger partial charge on any atom is -0.484 e. The van der Waals surface area contributed by atoms with Crippen molar-refractivity contribution in [2.75, 3.05) is 18.5 Å². The van der Waals surface area contributed by atoms with E-state index in [0.29, 0.717) is 18.0 Å². The molecule has 2 amide bonds. The van der Waals surface area contributed by atoms with Gasteiger partial charge in [0.05, 0.1) is 4.88 Å². The third-order valence-electron chi connectivity index (χ3n) is 4.08. The summed E-state index contributed by atoms with van der Waals surface area (Å²) >= 11 is 1.60. The molecule has 0 spiro atoms. The van der Waals surface area contributed by atoms with E-state index in [4.69, 9.17) is 4.74 Å². The third-order valence-corrected chi connectivity index (χ3v) is 5.31. The highest BCUT2D eigenvalue weighted by atomic mass is 32.1. The number of ether oxygens (including phenoxy) is 1. The van der Waals surface area contributed by atoms with Gasteiger partial charge in [-0.05, 0) is 68.5 Å². The molecule has 25 heavy (non-hydrogen) atoms. The number of anilines is 1. The van der Waals surface area contributed by atoms with Crippen molar-refractivity contribution in [2.24, 2.45) is 0 Å².